The van der Waals surface area contributed by atoms with Gasteiger partial charge in [0.1, 0.15) is 16.6 Å². The number of sulfone groups is 1. The minimum Gasteiger partial charge on any atom is -0.461 e. The van der Waals surface area contributed by atoms with Gasteiger partial charge in [0, 0.05) is 6.26 Å². The van der Waals surface area contributed by atoms with Gasteiger partial charge >= 0.3 is 11.9 Å². The lowest BCUT2D eigenvalue weighted by Gasteiger charge is -2.24. The maximum atomic E-state index is 13.0. The van der Waals surface area contributed by atoms with Gasteiger partial charge in [-0.1, -0.05) is 55.8 Å². The molecule has 0 unspecified atom stereocenters. The highest BCUT2D eigenvalue weighted by molar-refractivity contribution is 7.96. The topological polar surface area (TPSA) is 116 Å². The highest BCUT2D eigenvalue weighted by atomic mass is 35.5. The van der Waals surface area contributed by atoms with Crippen LogP contribution >= 0.6 is 11.6 Å². The van der Waals surface area contributed by atoms with E-state index in [-0.39, 0.29) is 25.4 Å². The summed E-state index contributed by atoms with van der Waals surface area (Å²) in [5, 5.41) is 2.62. The third kappa shape index (κ3) is 11.7. The number of hydrogen-bond acceptors (Lipinski definition) is 7. The van der Waals surface area contributed by atoms with E-state index in [9.17, 15) is 22.8 Å². The van der Waals surface area contributed by atoms with Crippen molar-refractivity contribution in [2.45, 2.75) is 65.7 Å². The summed E-state index contributed by atoms with van der Waals surface area (Å²) in [6.45, 7) is 8.70. The van der Waals surface area contributed by atoms with Crippen LogP contribution in [0.25, 0.3) is 0 Å². The van der Waals surface area contributed by atoms with E-state index in [0.29, 0.717) is 0 Å². The first-order valence-electron chi connectivity index (χ1n) is 10.9. The van der Waals surface area contributed by atoms with E-state index in [1.165, 1.54) is 0 Å². The van der Waals surface area contributed by atoms with Crippen LogP contribution in [0.2, 0.25) is 0 Å². The summed E-state index contributed by atoms with van der Waals surface area (Å²) in [7, 11) is -3.74. The van der Waals surface area contributed by atoms with Crippen molar-refractivity contribution in [3.63, 3.8) is 0 Å². The standard InChI is InChI=1S/C24H34ClNO7S/c1-16(2)19(14-21(27)32-15-17-10-8-7-9-11-17)23(29)26-18(12-20(25)34(6,30)31)13-22(28)33-24(3,4)5/h7-12,16,18-19H,13-15H2,1-6H3,(H,26,29)/b20-12+/t18-,19-/m1/s1. The number of nitrogens with one attached hydrogen (secondary N) is 1. The van der Waals surface area contributed by atoms with E-state index in [1.807, 2.05) is 30.3 Å². The summed E-state index contributed by atoms with van der Waals surface area (Å²) in [6, 6.07) is 8.09. The van der Waals surface area contributed by atoms with Gasteiger partial charge in [0.15, 0.2) is 9.84 Å². The van der Waals surface area contributed by atoms with Crippen molar-refractivity contribution in [3.8, 4) is 0 Å². The summed E-state index contributed by atoms with van der Waals surface area (Å²) < 4.78 is 33.6. The van der Waals surface area contributed by atoms with Crippen LogP contribution in [-0.2, 0) is 40.3 Å². The predicted octanol–water partition coefficient (Wildman–Crippen LogP) is 3.73. The first kappa shape index (κ1) is 29.6. The largest absolute Gasteiger partial charge is 0.461 e. The van der Waals surface area contributed by atoms with Gasteiger partial charge in [-0.2, -0.15) is 0 Å². The number of esters is 2. The molecule has 1 amide bonds. The smallest absolute Gasteiger partial charge is 0.308 e. The van der Waals surface area contributed by atoms with E-state index in [2.05, 4.69) is 5.32 Å². The molecule has 0 radical (unpaired) electrons. The molecule has 190 valence electrons. The van der Waals surface area contributed by atoms with Crippen molar-refractivity contribution >= 4 is 39.3 Å². The van der Waals surface area contributed by atoms with Crippen LogP contribution in [0.5, 0.6) is 0 Å². The maximum absolute atomic E-state index is 13.0. The van der Waals surface area contributed by atoms with Crippen LogP contribution < -0.4 is 5.32 Å². The third-order valence-corrected chi connectivity index (χ3v) is 6.40. The van der Waals surface area contributed by atoms with Crippen molar-refractivity contribution < 1.29 is 32.3 Å². The van der Waals surface area contributed by atoms with Gasteiger partial charge in [0.05, 0.1) is 24.8 Å². The number of hydrogen-bond donors (Lipinski definition) is 1. The van der Waals surface area contributed by atoms with E-state index >= 15 is 0 Å². The lowest BCUT2D eigenvalue weighted by atomic mass is 9.91. The van der Waals surface area contributed by atoms with E-state index in [1.54, 1.807) is 34.6 Å². The zero-order chi connectivity index (χ0) is 26.1. The van der Waals surface area contributed by atoms with Crippen LogP contribution in [-0.4, -0.2) is 44.2 Å². The lowest BCUT2D eigenvalue weighted by molar-refractivity contribution is -0.155. The Morgan fingerprint density at radius 3 is 2.15 bits per heavy atom. The fourth-order valence-corrected chi connectivity index (χ4v) is 3.46. The second-order valence-corrected chi connectivity index (χ2v) is 12.0. The van der Waals surface area contributed by atoms with Gasteiger partial charge in [-0.25, -0.2) is 8.42 Å². The van der Waals surface area contributed by atoms with Crippen molar-refractivity contribution in [1.82, 2.24) is 5.32 Å². The number of carbonyl (C=O) groups excluding carboxylic acids is 3. The number of halogens is 1. The molecular formula is C24H34ClNO7S. The van der Waals surface area contributed by atoms with Gasteiger partial charge in [0.25, 0.3) is 0 Å². The van der Waals surface area contributed by atoms with Gasteiger partial charge in [-0.3, -0.25) is 14.4 Å². The first-order chi connectivity index (χ1) is 15.6. The van der Waals surface area contributed by atoms with Crippen LogP contribution in [0.1, 0.15) is 53.0 Å². The summed E-state index contributed by atoms with van der Waals surface area (Å²) in [5.41, 5.74) is 0.0540. The van der Waals surface area contributed by atoms with Crippen LogP contribution in [0.15, 0.2) is 40.8 Å². The monoisotopic (exact) mass is 515 g/mol. The minimum absolute atomic E-state index is 0.0834. The van der Waals surface area contributed by atoms with Gasteiger partial charge in [-0.05, 0) is 38.3 Å². The predicted molar refractivity (Wildman–Crippen MR) is 130 cm³/mol. The van der Waals surface area contributed by atoms with Gasteiger partial charge in [-0.15, -0.1) is 0 Å². The Labute approximate surface area is 207 Å². The molecule has 0 spiro atoms. The lowest BCUT2D eigenvalue weighted by Crippen LogP contribution is -2.42. The summed E-state index contributed by atoms with van der Waals surface area (Å²) >= 11 is 5.87. The first-order valence-corrected chi connectivity index (χ1v) is 13.1. The second kappa shape index (κ2) is 12.9. The fraction of sp³-hybridized carbons (Fsp3) is 0.542. The molecule has 1 aromatic carbocycles. The van der Waals surface area contributed by atoms with Crippen LogP contribution in [0, 0.1) is 11.8 Å². The molecule has 0 aromatic heterocycles. The molecular weight excluding hydrogens is 482 g/mol. The Morgan fingerprint density at radius 1 is 1.06 bits per heavy atom. The molecule has 0 aliphatic heterocycles. The average Bonchev–Trinajstić information content (AvgIpc) is 2.68. The third-order valence-electron chi connectivity index (χ3n) is 4.59. The molecule has 0 aliphatic rings. The SMILES string of the molecule is CC(C)[C@@H](CC(=O)OCc1ccccc1)C(=O)N[C@H](/C=C(\Cl)S(C)(=O)=O)CC(=O)OC(C)(C)C. The maximum Gasteiger partial charge on any atom is 0.308 e. The molecule has 0 fully saturated rings. The van der Waals surface area contributed by atoms with Crippen molar-refractivity contribution in [3.05, 3.63) is 46.3 Å². The van der Waals surface area contributed by atoms with Crippen molar-refractivity contribution in [2.24, 2.45) is 11.8 Å². The molecule has 0 aliphatic carbocycles. The number of ether oxygens (including phenoxy) is 2. The molecule has 0 saturated carbocycles. The van der Waals surface area contributed by atoms with Crippen molar-refractivity contribution in [2.75, 3.05) is 6.26 Å². The quantitative estimate of drug-likeness (QED) is 0.446. The molecule has 1 N–H and O–H groups in total. The fourth-order valence-electron chi connectivity index (χ4n) is 2.89. The Hall–Kier alpha value is -2.39. The molecule has 1 rings (SSSR count). The Bertz CT molecular complexity index is 982. The van der Waals surface area contributed by atoms with E-state index in [4.69, 9.17) is 21.1 Å². The highest BCUT2D eigenvalue weighted by Crippen LogP contribution is 2.20. The molecule has 34 heavy (non-hydrogen) atoms. The van der Waals surface area contributed by atoms with Crippen LogP contribution in [0.4, 0.5) is 0 Å². The Kier molecular flexibility index (Phi) is 11.2. The van der Waals surface area contributed by atoms with Crippen LogP contribution in [0.3, 0.4) is 0 Å². The Balaban J connectivity index is 2.95. The van der Waals surface area contributed by atoms with Crippen molar-refractivity contribution in [1.29, 1.82) is 0 Å². The second-order valence-electron chi connectivity index (χ2n) is 9.35. The number of amides is 1. The summed E-state index contributed by atoms with van der Waals surface area (Å²) in [4.78, 5) is 37.7. The zero-order valence-corrected chi connectivity index (χ0v) is 22.0. The highest BCUT2D eigenvalue weighted by Gasteiger charge is 2.29. The molecule has 8 nitrogen and oxygen atoms in total. The summed E-state index contributed by atoms with van der Waals surface area (Å²) in [5.74, 6) is -2.73. The number of benzene rings is 1. The summed E-state index contributed by atoms with van der Waals surface area (Å²) in [6.07, 6.45) is 1.48. The average molecular weight is 516 g/mol. The number of carbonyl (C=O) groups is 3. The number of rotatable bonds is 11. The van der Waals surface area contributed by atoms with E-state index < -0.39 is 49.6 Å². The molecule has 10 heteroatoms. The molecule has 1 aromatic rings. The molecule has 0 heterocycles. The van der Waals surface area contributed by atoms with E-state index in [0.717, 1.165) is 17.9 Å². The van der Waals surface area contributed by atoms with Gasteiger partial charge in [0.2, 0.25) is 5.91 Å². The molecule has 0 bridgehead atoms. The Morgan fingerprint density at radius 2 is 1.65 bits per heavy atom. The normalized spacial score (nSPS) is 14.3. The minimum atomic E-state index is -3.74. The molecule has 2 atom stereocenters. The molecule has 0 saturated heterocycles. The van der Waals surface area contributed by atoms with Gasteiger partial charge < -0.3 is 14.8 Å². The zero-order valence-electron chi connectivity index (χ0n) is 20.5.